The molecule has 7 heteroatoms. The summed E-state index contributed by atoms with van der Waals surface area (Å²) >= 11 is 12.0. The van der Waals surface area contributed by atoms with Crippen molar-refractivity contribution in [3.8, 4) is 0 Å². The van der Waals surface area contributed by atoms with E-state index in [0.717, 1.165) is 12.1 Å². The van der Waals surface area contributed by atoms with Crippen molar-refractivity contribution in [2.24, 2.45) is 0 Å². The predicted octanol–water partition coefficient (Wildman–Crippen LogP) is 5.23. The second kappa shape index (κ2) is 7.47. The number of nitrogens with one attached hydrogen (secondary N) is 2. The van der Waals surface area contributed by atoms with Crippen molar-refractivity contribution >= 4 is 46.3 Å². The van der Waals surface area contributed by atoms with E-state index < -0.39 is 0 Å². The monoisotopic (exact) mass is 359 g/mol. The maximum absolute atomic E-state index is 6.15. The number of nitrogens with zero attached hydrogens (tertiary/aromatic N) is 3. The van der Waals surface area contributed by atoms with Gasteiger partial charge in [-0.2, -0.15) is 10.1 Å². The van der Waals surface area contributed by atoms with Crippen LogP contribution >= 0.6 is 23.2 Å². The lowest BCUT2D eigenvalue weighted by atomic mass is 10.1. The molecule has 3 aromatic rings. The van der Waals surface area contributed by atoms with Crippen molar-refractivity contribution in [1.29, 1.82) is 0 Å². The largest absolute Gasteiger partial charge is 0.338 e. The van der Waals surface area contributed by atoms with E-state index in [1.807, 2.05) is 12.1 Å². The molecule has 0 aliphatic heterocycles. The third kappa shape index (κ3) is 4.13. The Labute approximate surface area is 150 Å². The van der Waals surface area contributed by atoms with Gasteiger partial charge < -0.3 is 10.6 Å². The molecule has 5 nitrogen and oxygen atoms in total. The molecule has 2 aromatic carbocycles. The van der Waals surface area contributed by atoms with Crippen molar-refractivity contribution in [2.75, 3.05) is 10.6 Å². The highest BCUT2D eigenvalue weighted by molar-refractivity contribution is 6.36. The first-order valence-electron chi connectivity index (χ1n) is 7.42. The minimum absolute atomic E-state index is 0.398. The number of hydrogen-bond donors (Lipinski definition) is 2. The summed E-state index contributed by atoms with van der Waals surface area (Å²) in [5.41, 5.74) is 2.86. The number of halogens is 2. The fourth-order valence-electron chi connectivity index (χ4n) is 2.10. The lowest BCUT2D eigenvalue weighted by Crippen LogP contribution is -2.02. The van der Waals surface area contributed by atoms with Crippen molar-refractivity contribution < 1.29 is 0 Å². The fraction of sp³-hybridized carbons (Fsp3) is 0.118. The molecule has 0 bridgehead atoms. The molecule has 0 fully saturated rings. The Morgan fingerprint density at radius 2 is 1.79 bits per heavy atom. The molecule has 0 saturated heterocycles. The summed E-state index contributed by atoms with van der Waals surface area (Å²) in [4.78, 5) is 4.38. The van der Waals surface area contributed by atoms with Crippen LogP contribution < -0.4 is 10.6 Å². The van der Waals surface area contributed by atoms with Crippen LogP contribution in [0.15, 0.2) is 48.7 Å². The number of aromatic nitrogens is 3. The zero-order valence-electron chi connectivity index (χ0n) is 12.9. The average molecular weight is 360 g/mol. The van der Waals surface area contributed by atoms with Gasteiger partial charge in [0.2, 0.25) is 5.95 Å². The van der Waals surface area contributed by atoms with E-state index in [2.05, 4.69) is 44.9 Å². The van der Waals surface area contributed by atoms with Gasteiger partial charge in [-0.15, -0.1) is 5.10 Å². The van der Waals surface area contributed by atoms with Crippen LogP contribution in [-0.4, -0.2) is 15.2 Å². The molecule has 24 heavy (non-hydrogen) atoms. The zero-order valence-corrected chi connectivity index (χ0v) is 14.4. The summed E-state index contributed by atoms with van der Waals surface area (Å²) in [6, 6.07) is 13.3. The third-order valence-electron chi connectivity index (χ3n) is 3.37. The second-order valence-corrected chi connectivity index (χ2v) is 5.93. The van der Waals surface area contributed by atoms with Gasteiger partial charge in [0.25, 0.3) is 0 Å². The van der Waals surface area contributed by atoms with Crippen LogP contribution in [0.1, 0.15) is 12.5 Å². The Bertz CT molecular complexity index is 837. The summed E-state index contributed by atoms with van der Waals surface area (Å²) < 4.78 is 0. The Morgan fingerprint density at radius 1 is 1.00 bits per heavy atom. The molecule has 0 saturated carbocycles. The quantitative estimate of drug-likeness (QED) is 0.653. The molecular formula is C17H15Cl2N5. The number of benzene rings is 2. The van der Waals surface area contributed by atoms with E-state index in [-0.39, 0.29) is 0 Å². The number of anilines is 4. The van der Waals surface area contributed by atoms with Crippen LogP contribution in [0.2, 0.25) is 10.0 Å². The van der Waals surface area contributed by atoms with Crippen LogP contribution in [0.3, 0.4) is 0 Å². The predicted molar refractivity (Wildman–Crippen MR) is 98.7 cm³/mol. The highest BCUT2D eigenvalue weighted by Crippen LogP contribution is 2.27. The minimum atomic E-state index is 0.398. The zero-order chi connectivity index (χ0) is 16.9. The van der Waals surface area contributed by atoms with E-state index >= 15 is 0 Å². The van der Waals surface area contributed by atoms with Crippen molar-refractivity contribution in [3.63, 3.8) is 0 Å². The minimum Gasteiger partial charge on any atom is -0.338 e. The topological polar surface area (TPSA) is 62.7 Å². The molecule has 0 radical (unpaired) electrons. The smallest absolute Gasteiger partial charge is 0.249 e. The van der Waals surface area contributed by atoms with Gasteiger partial charge in [0, 0.05) is 10.7 Å². The van der Waals surface area contributed by atoms with Crippen LogP contribution in [0, 0.1) is 0 Å². The lowest BCUT2D eigenvalue weighted by molar-refractivity contribution is 0.982. The van der Waals surface area contributed by atoms with Gasteiger partial charge in [0.05, 0.1) is 16.9 Å². The standard InChI is InChI=1S/C17H15Cl2N5/c1-2-11-3-6-13(7-4-11)21-17-23-16(10-20-24-17)22-15-8-5-12(18)9-14(15)19/h3-10H,2H2,1H3,(H2,21,22,23,24). The van der Waals surface area contributed by atoms with E-state index in [0.29, 0.717) is 27.5 Å². The van der Waals surface area contributed by atoms with E-state index in [1.165, 1.54) is 11.8 Å². The number of hydrogen-bond acceptors (Lipinski definition) is 5. The molecule has 0 aliphatic carbocycles. The first kappa shape index (κ1) is 16.5. The molecule has 3 rings (SSSR count). The van der Waals surface area contributed by atoms with E-state index in [1.54, 1.807) is 18.2 Å². The van der Waals surface area contributed by atoms with Gasteiger partial charge in [-0.25, -0.2) is 0 Å². The fourth-order valence-corrected chi connectivity index (χ4v) is 2.55. The first-order chi connectivity index (χ1) is 11.6. The Kier molecular flexibility index (Phi) is 5.13. The molecular weight excluding hydrogens is 345 g/mol. The van der Waals surface area contributed by atoms with Crippen molar-refractivity contribution in [3.05, 3.63) is 64.3 Å². The summed E-state index contributed by atoms with van der Waals surface area (Å²) in [6.07, 6.45) is 2.52. The van der Waals surface area contributed by atoms with Crippen LogP contribution in [0.25, 0.3) is 0 Å². The molecule has 0 amide bonds. The molecule has 122 valence electrons. The number of rotatable bonds is 5. The van der Waals surface area contributed by atoms with Crippen LogP contribution in [-0.2, 0) is 6.42 Å². The molecule has 0 aliphatic rings. The third-order valence-corrected chi connectivity index (χ3v) is 3.92. The average Bonchev–Trinajstić information content (AvgIpc) is 2.58. The summed E-state index contributed by atoms with van der Waals surface area (Å²) in [6.45, 7) is 2.12. The second-order valence-electron chi connectivity index (χ2n) is 5.09. The van der Waals surface area contributed by atoms with Crippen LogP contribution in [0.5, 0.6) is 0 Å². The molecule has 2 N–H and O–H groups in total. The Balaban J connectivity index is 1.75. The SMILES string of the molecule is CCc1ccc(Nc2nncc(Nc3ccc(Cl)cc3Cl)n2)cc1. The van der Waals surface area contributed by atoms with Crippen molar-refractivity contribution in [2.45, 2.75) is 13.3 Å². The maximum Gasteiger partial charge on any atom is 0.249 e. The summed E-state index contributed by atoms with van der Waals surface area (Å²) in [5.74, 6) is 0.927. The van der Waals surface area contributed by atoms with Crippen LogP contribution in [0.4, 0.5) is 23.1 Å². The summed E-state index contributed by atoms with van der Waals surface area (Å²) in [5, 5.41) is 15.2. The summed E-state index contributed by atoms with van der Waals surface area (Å²) in [7, 11) is 0. The van der Waals surface area contributed by atoms with Gasteiger partial charge in [-0.05, 0) is 42.3 Å². The van der Waals surface area contributed by atoms with Gasteiger partial charge in [-0.1, -0.05) is 42.3 Å². The highest BCUT2D eigenvalue weighted by atomic mass is 35.5. The molecule has 0 spiro atoms. The van der Waals surface area contributed by atoms with Gasteiger partial charge in [-0.3, -0.25) is 0 Å². The van der Waals surface area contributed by atoms with Gasteiger partial charge >= 0.3 is 0 Å². The molecule has 0 atom stereocenters. The first-order valence-corrected chi connectivity index (χ1v) is 8.17. The normalized spacial score (nSPS) is 10.5. The molecule has 1 aromatic heterocycles. The van der Waals surface area contributed by atoms with Gasteiger partial charge in [0.15, 0.2) is 5.82 Å². The van der Waals surface area contributed by atoms with Gasteiger partial charge in [0.1, 0.15) is 0 Å². The molecule has 0 unspecified atom stereocenters. The Morgan fingerprint density at radius 3 is 2.50 bits per heavy atom. The number of aryl methyl sites for hydroxylation is 1. The molecule has 1 heterocycles. The van der Waals surface area contributed by atoms with E-state index in [9.17, 15) is 0 Å². The lowest BCUT2D eigenvalue weighted by Gasteiger charge is -2.09. The Hall–Kier alpha value is -2.37. The van der Waals surface area contributed by atoms with Crippen molar-refractivity contribution in [1.82, 2.24) is 15.2 Å². The highest BCUT2D eigenvalue weighted by Gasteiger charge is 2.05. The maximum atomic E-state index is 6.15. The van der Waals surface area contributed by atoms with E-state index in [4.69, 9.17) is 23.2 Å².